The Labute approximate surface area is 236 Å². The molecule has 40 heavy (non-hydrogen) atoms. The lowest BCUT2D eigenvalue weighted by Gasteiger charge is -2.35. The van der Waals surface area contributed by atoms with E-state index in [1.165, 1.54) is 9.87 Å². The van der Waals surface area contributed by atoms with Gasteiger partial charge in [0, 0.05) is 32.7 Å². The molecule has 1 saturated heterocycles. The van der Waals surface area contributed by atoms with Gasteiger partial charge in [-0.2, -0.15) is 0 Å². The van der Waals surface area contributed by atoms with Crippen LogP contribution < -0.4 is 4.31 Å². The maximum absolute atomic E-state index is 13.9. The van der Waals surface area contributed by atoms with Gasteiger partial charge in [-0.3, -0.25) is 14.0 Å². The monoisotopic (exact) mass is 551 g/mol. The van der Waals surface area contributed by atoms with Crippen LogP contribution in [0, 0.1) is 0 Å². The van der Waals surface area contributed by atoms with Gasteiger partial charge in [0.05, 0.1) is 22.7 Å². The van der Waals surface area contributed by atoms with E-state index in [1.54, 1.807) is 54.6 Å². The van der Waals surface area contributed by atoms with E-state index in [0.29, 0.717) is 24.3 Å². The molecule has 7 heteroatoms. The molecule has 0 N–H and O–H groups in total. The van der Waals surface area contributed by atoms with Gasteiger partial charge in [-0.25, -0.2) is 8.42 Å². The van der Waals surface area contributed by atoms with Crippen LogP contribution in [0.5, 0.6) is 0 Å². The van der Waals surface area contributed by atoms with Crippen molar-refractivity contribution in [3.05, 3.63) is 138 Å². The molecule has 1 aliphatic heterocycles. The largest absolute Gasteiger partial charge is 0.336 e. The van der Waals surface area contributed by atoms with Gasteiger partial charge in [-0.1, -0.05) is 103 Å². The molecule has 0 radical (unpaired) electrons. The number of hydrogen-bond acceptors (Lipinski definition) is 4. The third kappa shape index (κ3) is 6.50. The molecule has 204 valence electrons. The summed E-state index contributed by atoms with van der Waals surface area (Å²) in [5, 5.41) is 0. The predicted molar refractivity (Wildman–Crippen MR) is 161 cm³/mol. The van der Waals surface area contributed by atoms with Crippen molar-refractivity contribution in [1.82, 2.24) is 9.80 Å². The van der Waals surface area contributed by atoms with Gasteiger partial charge in [0.25, 0.3) is 15.9 Å². The molecular formula is C33H33N3O3S. The van der Waals surface area contributed by atoms with Crippen LogP contribution in [0.15, 0.2) is 126 Å². The summed E-state index contributed by atoms with van der Waals surface area (Å²) in [6.07, 6.45) is 4.26. The van der Waals surface area contributed by atoms with Crippen molar-refractivity contribution in [2.75, 3.05) is 37.0 Å². The first kappa shape index (κ1) is 27.4. The zero-order valence-corrected chi connectivity index (χ0v) is 23.2. The molecule has 0 unspecified atom stereocenters. The van der Waals surface area contributed by atoms with Crippen molar-refractivity contribution in [3.8, 4) is 0 Å². The topological polar surface area (TPSA) is 60.9 Å². The number of amides is 1. The minimum atomic E-state index is -3.93. The van der Waals surface area contributed by atoms with E-state index in [0.717, 1.165) is 25.2 Å². The van der Waals surface area contributed by atoms with E-state index >= 15 is 0 Å². The Morgan fingerprint density at radius 2 is 1.30 bits per heavy atom. The van der Waals surface area contributed by atoms with Crippen LogP contribution in [0.25, 0.3) is 6.08 Å². The van der Waals surface area contributed by atoms with Gasteiger partial charge in [-0.05, 0) is 35.4 Å². The summed E-state index contributed by atoms with van der Waals surface area (Å²) in [6.45, 7) is 3.59. The van der Waals surface area contributed by atoms with E-state index in [-0.39, 0.29) is 17.3 Å². The van der Waals surface area contributed by atoms with E-state index < -0.39 is 10.0 Å². The van der Waals surface area contributed by atoms with Gasteiger partial charge in [-0.15, -0.1) is 0 Å². The maximum atomic E-state index is 13.9. The molecule has 0 aromatic heterocycles. The standard InChI is InChI=1S/C33H33N3O3S/c37-33(35-25-23-34(24-26-35)22-12-17-28-13-4-1-5-14-28)31-20-10-11-21-32(31)36(27-29-15-6-2-7-16-29)40(38,39)30-18-8-3-9-19-30/h1-21H,22-27H2/b17-12+. The Hall–Kier alpha value is -4.20. The SMILES string of the molecule is O=C(c1ccccc1N(Cc1ccccc1)S(=O)(=O)c1ccccc1)N1CCN(C/C=C/c2ccccc2)CC1. The third-order valence-corrected chi connectivity index (χ3v) is 8.81. The maximum Gasteiger partial charge on any atom is 0.264 e. The fourth-order valence-electron chi connectivity index (χ4n) is 4.85. The molecule has 1 amide bonds. The number of nitrogens with zero attached hydrogens (tertiary/aromatic N) is 3. The summed E-state index contributed by atoms with van der Waals surface area (Å²) >= 11 is 0. The Morgan fingerprint density at radius 3 is 1.98 bits per heavy atom. The highest BCUT2D eigenvalue weighted by Crippen LogP contribution is 2.30. The lowest BCUT2D eigenvalue weighted by atomic mass is 10.1. The normalized spacial score (nSPS) is 14.3. The first-order valence-electron chi connectivity index (χ1n) is 13.5. The van der Waals surface area contributed by atoms with Gasteiger partial charge in [0.15, 0.2) is 0 Å². The van der Waals surface area contributed by atoms with Crippen molar-refractivity contribution in [1.29, 1.82) is 0 Å². The highest BCUT2D eigenvalue weighted by atomic mass is 32.2. The molecule has 0 spiro atoms. The zero-order valence-electron chi connectivity index (χ0n) is 22.3. The second-order valence-corrected chi connectivity index (χ2v) is 11.6. The van der Waals surface area contributed by atoms with Crippen LogP contribution in [0.2, 0.25) is 0 Å². The van der Waals surface area contributed by atoms with E-state index in [9.17, 15) is 13.2 Å². The van der Waals surface area contributed by atoms with Gasteiger partial charge in [0.1, 0.15) is 0 Å². The molecule has 5 rings (SSSR count). The average molecular weight is 552 g/mol. The number of anilines is 1. The van der Waals surface area contributed by atoms with Crippen molar-refractivity contribution < 1.29 is 13.2 Å². The Morgan fingerprint density at radius 1 is 0.725 bits per heavy atom. The highest BCUT2D eigenvalue weighted by Gasteiger charge is 2.30. The molecule has 0 atom stereocenters. The van der Waals surface area contributed by atoms with Crippen LogP contribution >= 0.6 is 0 Å². The molecule has 6 nitrogen and oxygen atoms in total. The minimum Gasteiger partial charge on any atom is -0.336 e. The summed E-state index contributed by atoms with van der Waals surface area (Å²) in [5.74, 6) is -0.156. The molecule has 1 aliphatic rings. The lowest BCUT2D eigenvalue weighted by Crippen LogP contribution is -2.49. The molecule has 0 saturated carbocycles. The number of carbonyl (C=O) groups excluding carboxylic acids is 1. The summed E-state index contributed by atoms with van der Waals surface area (Å²) < 4.78 is 29.2. The molecule has 4 aromatic rings. The molecular weight excluding hydrogens is 518 g/mol. The molecule has 0 aliphatic carbocycles. The first-order valence-corrected chi connectivity index (χ1v) is 14.9. The number of para-hydroxylation sites is 1. The lowest BCUT2D eigenvalue weighted by molar-refractivity contribution is 0.0651. The Bertz CT molecular complexity index is 1530. The quantitative estimate of drug-likeness (QED) is 0.274. The summed E-state index contributed by atoms with van der Waals surface area (Å²) in [5.41, 5.74) is 2.77. The summed E-state index contributed by atoms with van der Waals surface area (Å²) in [4.78, 5) is 18.1. The van der Waals surface area contributed by atoms with E-state index in [2.05, 4.69) is 29.2 Å². The smallest absolute Gasteiger partial charge is 0.264 e. The number of rotatable bonds is 9. The van der Waals surface area contributed by atoms with Crippen molar-refractivity contribution in [2.45, 2.75) is 11.4 Å². The van der Waals surface area contributed by atoms with E-state index in [4.69, 9.17) is 0 Å². The summed E-state index contributed by atoms with van der Waals surface area (Å²) in [7, 11) is -3.93. The number of hydrogen-bond donors (Lipinski definition) is 0. The van der Waals surface area contributed by atoms with Gasteiger partial charge in [0.2, 0.25) is 0 Å². The molecule has 1 fully saturated rings. The summed E-state index contributed by atoms with van der Waals surface area (Å²) in [6, 6.07) is 35.0. The average Bonchev–Trinajstić information content (AvgIpc) is 3.01. The van der Waals surface area contributed by atoms with Crippen LogP contribution in [-0.2, 0) is 16.6 Å². The van der Waals surface area contributed by atoms with Crippen LogP contribution in [0.3, 0.4) is 0 Å². The molecule has 1 heterocycles. The molecule has 4 aromatic carbocycles. The van der Waals surface area contributed by atoms with Crippen molar-refractivity contribution >= 4 is 27.7 Å². The third-order valence-electron chi connectivity index (χ3n) is 7.04. The number of benzene rings is 4. The Balaban J connectivity index is 1.35. The second kappa shape index (κ2) is 12.8. The minimum absolute atomic E-state index is 0.115. The molecule has 0 bridgehead atoms. The Kier molecular flexibility index (Phi) is 8.74. The predicted octanol–water partition coefficient (Wildman–Crippen LogP) is 5.55. The number of sulfonamides is 1. The highest BCUT2D eigenvalue weighted by molar-refractivity contribution is 7.92. The first-order chi connectivity index (χ1) is 19.5. The zero-order chi connectivity index (χ0) is 27.8. The van der Waals surface area contributed by atoms with Crippen LogP contribution in [0.4, 0.5) is 5.69 Å². The van der Waals surface area contributed by atoms with E-state index in [1.807, 2.05) is 53.4 Å². The van der Waals surface area contributed by atoms with Gasteiger partial charge < -0.3 is 4.90 Å². The fourth-order valence-corrected chi connectivity index (χ4v) is 6.34. The van der Waals surface area contributed by atoms with Crippen molar-refractivity contribution in [2.24, 2.45) is 0 Å². The van der Waals surface area contributed by atoms with Crippen LogP contribution in [-0.4, -0.2) is 56.8 Å². The second-order valence-electron chi connectivity index (χ2n) is 9.73. The van der Waals surface area contributed by atoms with Gasteiger partial charge >= 0.3 is 0 Å². The number of piperazine rings is 1. The van der Waals surface area contributed by atoms with Crippen molar-refractivity contribution in [3.63, 3.8) is 0 Å². The number of carbonyl (C=O) groups is 1. The fraction of sp³-hybridized carbons (Fsp3) is 0.182. The van der Waals surface area contributed by atoms with Crippen LogP contribution in [0.1, 0.15) is 21.5 Å².